The fourth-order valence-electron chi connectivity index (χ4n) is 1.41. The lowest BCUT2D eigenvalue weighted by molar-refractivity contribution is -0.142. The predicted molar refractivity (Wildman–Crippen MR) is 62.0 cm³/mol. The summed E-state index contributed by atoms with van der Waals surface area (Å²) in [5, 5.41) is 0. The van der Waals surface area contributed by atoms with E-state index in [4.69, 9.17) is 4.74 Å². The Kier molecular flexibility index (Phi) is 4.99. The van der Waals surface area contributed by atoms with Crippen LogP contribution in [0.15, 0.2) is 10.8 Å². The number of carbonyl (C=O) groups excluding carboxylic acids is 1. The molecule has 0 saturated carbocycles. The fraction of sp³-hybridized carbons (Fsp3) is 0.455. The number of pyridine rings is 1. The summed E-state index contributed by atoms with van der Waals surface area (Å²) in [6.07, 6.45) is -1.55. The number of rotatable bonds is 4. The van der Waals surface area contributed by atoms with E-state index in [2.05, 4.69) is 20.9 Å². The van der Waals surface area contributed by atoms with Gasteiger partial charge < -0.3 is 4.74 Å². The van der Waals surface area contributed by atoms with Gasteiger partial charge in [-0.25, -0.2) is 13.8 Å². The van der Waals surface area contributed by atoms with Gasteiger partial charge in [0.25, 0.3) is 6.43 Å². The highest BCUT2D eigenvalue weighted by molar-refractivity contribution is 9.10. The van der Waals surface area contributed by atoms with Crippen LogP contribution in [0.25, 0.3) is 0 Å². The summed E-state index contributed by atoms with van der Waals surface area (Å²) in [6.45, 7) is 3.49. The van der Waals surface area contributed by atoms with Gasteiger partial charge in [-0.1, -0.05) is 0 Å². The first-order valence-corrected chi connectivity index (χ1v) is 5.84. The molecule has 0 aliphatic heterocycles. The summed E-state index contributed by atoms with van der Waals surface area (Å²) in [7, 11) is 0. The van der Waals surface area contributed by atoms with E-state index in [1.165, 1.54) is 0 Å². The smallest absolute Gasteiger partial charge is 0.310 e. The molecule has 0 amide bonds. The molecule has 0 radical (unpaired) electrons. The van der Waals surface area contributed by atoms with E-state index in [-0.39, 0.29) is 18.6 Å². The Morgan fingerprint density at radius 1 is 1.59 bits per heavy atom. The standard InChI is InChI=1S/C11H12BrF2NO2/c1-3-17-9(16)4-7-6(2)8(11(13)14)5-15-10(7)12/h5,11H,3-4H2,1-2H3. The lowest BCUT2D eigenvalue weighted by atomic mass is 10.0. The largest absolute Gasteiger partial charge is 0.466 e. The number of carbonyl (C=O) groups is 1. The molecule has 0 aliphatic rings. The van der Waals surface area contributed by atoms with E-state index < -0.39 is 12.4 Å². The lowest BCUT2D eigenvalue weighted by Crippen LogP contribution is -2.11. The van der Waals surface area contributed by atoms with Crippen LogP contribution in [0, 0.1) is 6.92 Å². The third-order valence-corrected chi connectivity index (χ3v) is 3.00. The van der Waals surface area contributed by atoms with Crippen molar-refractivity contribution >= 4 is 21.9 Å². The van der Waals surface area contributed by atoms with Crippen LogP contribution in [-0.2, 0) is 16.0 Å². The van der Waals surface area contributed by atoms with E-state index in [0.717, 1.165) is 6.20 Å². The van der Waals surface area contributed by atoms with Gasteiger partial charge in [0.05, 0.1) is 13.0 Å². The van der Waals surface area contributed by atoms with Gasteiger partial charge in [-0.15, -0.1) is 0 Å². The summed E-state index contributed by atoms with van der Waals surface area (Å²) in [5.74, 6) is -0.454. The third kappa shape index (κ3) is 3.46. The minimum Gasteiger partial charge on any atom is -0.466 e. The Balaban J connectivity index is 3.05. The van der Waals surface area contributed by atoms with Crippen LogP contribution >= 0.6 is 15.9 Å². The van der Waals surface area contributed by atoms with E-state index in [9.17, 15) is 13.6 Å². The molecule has 0 unspecified atom stereocenters. The number of hydrogen-bond acceptors (Lipinski definition) is 3. The van der Waals surface area contributed by atoms with E-state index in [0.29, 0.717) is 15.7 Å². The molecule has 3 nitrogen and oxygen atoms in total. The van der Waals surface area contributed by atoms with E-state index in [1.54, 1.807) is 13.8 Å². The zero-order chi connectivity index (χ0) is 13.0. The Morgan fingerprint density at radius 2 is 2.24 bits per heavy atom. The summed E-state index contributed by atoms with van der Waals surface area (Å²) >= 11 is 3.15. The third-order valence-electron chi connectivity index (χ3n) is 2.31. The van der Waals surface area contributed by atoms with E-state index >= 15 is 0 Å². The number of aromatic nitrogens is 1. The Labute approximate surface area is 106 Å². The molecule has 0 saturated heterocycles. The lowest BCUT2D eigenvalue weighted by Gasteiger charge is -2.11. The molecule has 0 atom stereocenters. The minimum atomic E-state index is -2.60. The SMILES string of the molecule is CCOC(=O)Cc1c(Br)ncc(C(F)F)c1C. The maximum Gasteiger partial charge on any atom is 0.310 e. The Morgan fingerprint density at radius 3 is 2.76 bits per heavy atom. The molecule has 0 spiro atoms. The van der Waals surface area contributed by atoms with Crippen molar-refractivity contribution in [3.05, 3.63) is 27.5 Å². The maximum absolute atomic E-state index is 12.7. The predicted octanol–water partition coefficient (Wildman–Crippen LogP) is 3.20. The van der Waals surface area contributed by atoms with Crippen molar-refractivity contribution in [2.24, 2.45) is 0 Å². The minimum absolute atomic E-state index is 0.0617. The van der Waals surface area contributed by atoms with Crippen LogP contribution in [0.4, 0.5) is 8.78 Å². The number of ether oxygens (including phenoxy) is 1. The zero-order valence-corrected chi connectivity index (χ0v) is 11.1. The van der Waals surface area contributed by atoms with E-state index in [1.807, 2.05) is 0 Å². The molecular formula is C11H12BrF2NO2. The monoisotopic (exact) mass is 307 g/mol. The molecule has 0 aromatic carbocycles. The average molecular weight is 308 g/mol. The van der Waals surface area contributed by atoms with Crippen molar-refractivity contribution in [3.63, 3.8) is 0 Å². The molecule has 0 aliphatic carbocycles. The van der Waals surface area contributed by atoms with Crippen LogP contribution < -0.4 is 0 Å². The second kappa shape index (κ2) is 6.05. The first kappa shape index (κ1) is 14.0. The summed E-state index contributed by atoms with van der Waals surface area (Å²) < 4.78 is 30.5. The number of alkyl halides is 2. The van der Waals surface area contributed by atoms with Crippen LogP contribution in [0.2, 0.25) is 0 Å². The van der Waals surface area contributed by atoms with Crippen LogP contribution in [-0.4, -0.2) is 17.6 Å². The molecule has 0 fully saturated rings. The van der Waals surface area contributed by atoms with Gasteiger partial charge in [-0.05, 0) is 40.9 Å². The summed E-state index contributed by atoms with van der Waals surface area (Å²) in [6, 6.07) is 0. The molecular weight excluding hydrogens is 296 g/mol. The van der Waals surface area contributed by atoms with Crippen molar-refractivity contribution < 1.29 is 18.3 Å². The normalized spacial score (nSPS) is 10.7. The Bertz CT molecular complexity index is 424. The van der Waals surface area contributed by atoms with Gasteiger partial charge in [0.2, 0.25) is 0 Å². The molecule has 0 N–H and O–H groups in total. The molecule has 1 heterocycles. The van der Waals surface area contributed by atoms with Crippen LogP contribution in [0.5, 0.6) is 0 Å². The average Bonchev–Trinajstić information content (AvgIpc) is 2.24. The zero-order valence-electron chi connectivity index (χ0n) is 9.47. The van der Waals surface area contributed by atoms with Gasteiger partial charge in [-0.2, -0.15) is 0 Å². The van der Waals surface area contributed by atoms with Crippen molar-refractivity contribution in [1.29, 1.82) is 0 Å². The topological polar surface area (TPSA) is 39.2 Å². The molecule has 17 heavy (non-hydrogen) atoms. The van der Waals surface area contributed by atoms with Gasteiger partial charge in [-0.3, -0.25) is 4.79 Å². The second-order valence-corrected chi connectivity index (χ2v) is 4.14. The number of esters is 1. The maximum atomic E-state index is 12.7. The van der Waals surface area contributed by atoms with Crippen molar-refractivity contribution in [1.82, 2.24) is 4.98 Å². The second-order valence-electron chi connectivity index (χ2n) is 3.39. The molecule has 0 bridgehead atoms. The quantitative estimate of drug-likeness (QED) is 0.633. The molecule has 1 aromatic rings. The first-order chi connectivity index (χ1) is 7.97. The highest BCUT2D eigenvalue weighted by Crippen LogP contribution is 2.28. The highest BCUT2D eigenvalue weighted by atomic mass is 79.9. The van der Waals surface area contributed by atoms with Gasteiger partial charge >= 0.3 is 5.97 Å². The van der Waals surface area contributed by atoms with Crippen molar-refractivity contribution in [2.45, 2.75) is 26.7 Å². The number of hydrogen-bond donors (Lipinski definition) is 0. The van der Waals surface area contributed by atoms with Crippen molar-refractivity contribution in [2.75, 3.05) is 6.61 Å². The number of nitrogens with zero attached hydrogens (tertiary/aromatic N) is 1. The summed E-state index contributed by atoms with van der Waals surface area (Å²) in [4.78, 5) is 15.1. The molecule has 1 rings (SSSR count). The van der Waals surface area contributed by atoms with Crippen molar-refractivity contribution in [3.8, 4) is 0 Å². The Hall–Kier alpha value is -1.04. The first-order valence-electron chi connectivity index (χ1n) is 5.05. The highest BCUT2D eigenvalue weighted by Gasteiger charge is 2.18. The van der Waals surface area contributed by atoms with Crippen LogP contribution in [0.3, 0.4) is 0 Å². The number of halogens is 3. The van der Waals surface area contributed by atoms with Gasteiger partial charge in [0.1, 0.15) is 4.60 Å². The molecule has 6 heteroatoms. The van der Waals surface area contributed by atoms with Gasteiger partial charge in [0, 0.05) is 11.8 Å². The molecule has 94 valence electrons. The van der Waals surface area contributed by atoms with Crippen LogP contribution in [0.1, 0.15) is 30.0 Å². The van der Waals surface area contributed by atoms with Gasteiger partial charge in [0.15, 0.2) is 0 Å². The fourth-order valence-corrected chi connectivity index (χ4v) is 1.95. The molecule has 1 aromatic heterocycles. The summed E-state index contributed by atoms with van der Waals surface area (Å²) in [5.41, 5.74) is 0.656.